The highest BCUT2D eigenvalue weighted by Gasteiger charge is 2.31. The van der Waals surface area contributed by atoms with Gasteiger partial charge in [0.2, 0.25) is 0 Å². The molecule has 0 radical (unpaired) electrons. The van der Waals surface area contributed by atoms with Gasteiger partial charge in [-0.1, -0.05) is 18.2 Å². The van der Waals surface area contributed by atoms with E-state index in [0.29, 0.717) is 18.0 Å². The number of nitrogens with one attached hydrogen (secondary N) is 1. The molecule has 20 heavy (non-hydrogen) atoms. The Bertz CT molecular complexity index is 649. The van der Waals surface area contributed by atoms with E-state index in [9.17, 15) is 4.79 Å². The molecule has 1 fully saturated rings. The van der Waals surface area contributed by atoms with Crippen LogP contribution in [0.1, 0.15) is 28.9 Å². The highest BCUT2D eigenvalue weighted by molar-refractivity contribution is 6.05. The number of benzene rings is 1. The van der Waals surface area contributed by atoms with Crippen LogP contribution in [0.3, 0.4) is 0 Å². The van der Waals surface area contributed by atoms with Crippen molar-refractivity contribution in [1.29, 1.82) is 0 Å². The lowest BCUT2D eigenvalue weighted by molar-refractivity contribution is 0.0935. The number of hydrogen-bond donors (Lipinski definition) is 2. The zero-order valence-corrected chi connectivity index (χ0v) is 11.6. The zero-order chi connectivity index (χ0) is 14.1. The van der Waals surface area contributed by atoms with Crippen LogP contribution in [0.5, 0.6) is 0 Å². The van der Waals surface area contributed by atoms with Gasteiger partial charge in [0.25, 0.3) is 5.91 Å². The third kappa shape index (κ3) is 2.51. The molecule has 1 unspecified atom stereocenters. The van der Waals surface area contributed by atoms with Crippen LogP contribution in [-0.2, 0) is 0 Å². The molecule has 1 aromatic carbocycles. The van der Waals surface area contributed by atoms with Gasteiger partial charge in [-0.25, -0.2) is 0 Å². The van der Waals surface area contributed by atoms with Crippen molar-refractivity contribution in [3.05, 3.63) is 41.6 Å². The molecule has 1 amide bonds. The number of fused-ring (bicyclic) bond motifs is 1. The Balaban J connectivity index is 1.92. The quantitative estimate of drug-likeness (QED) is 0.892. The molecule has 0 spiro atoms. The largest absolute Gasteiger partial charge is 0.348 e. The Kier molecular flexibility index (Phi) is 3.40. The van der Waals surface area contributed by atoms with E-state index in [-0.39, 0.29) is 11.9 Å². The van der Waals surface area contributed by atoms with Crippen molar-refractivity contribution in [3.63, 3.8) is 0 Å². The Hall–Kier alpha value is -1.94. The molecule has 3 rings (SSSR count). The van der Waals surface area contributed by atoms with Crippen LogP contribution in [0, 0.1) is 12.8 Å². The summed E-state index contributed by atoms with van der Waals surface area (Å²) < 4.78 is 0. The molecular formula is C16H19N3O. The molecule has 104 valence electrons. The molecule has 2 aromatic rings. The number of rotatable bonds is 4. The first-order chi connectivity index (χ1) is 9.69. The van der Waals surface area contributed by atoms with Crippen LogP contribution in [0.4, 0.5) is 0 Å². The summed E-state index contributed by atoms with van der Waals surface area (Å²) >= 11 is 0. The van der Waals surface area contributed by atoms with E-state index < -0.39 is 0 Å². The first kappa shape index (κ1) is 13.1. The Morgan fingerprint density at radius 1 is 1.40 bits per heavy atom. The summed E-state index contributed by atoms with van der Waals surface area (Å²) in [4.78, 5) is 17.0. The number of nitrogens with two attached hydrogens (primary N) is 1. The number of amides is 1. The minimum Gasteiger partial charge on any atom is -0.348 e. The van der Waals surface area contributed by atoms with E-state index in [1.54, 1.807) is 0 Å². The second kappa shape index (κ2) is 5.21. The van der Waals surface area contributed by atoms with Crippen LogP contribution < -0.4 is 11.1 Å². The highest BCUT2D eigenvalue weighted by Crippen LogP contribution is 2.32. The fourth-order valence-corrected chi connectivity index (χ4v) is 2.54. The van der Waals surface area contributed by atoms with E-state index >= 15 is 0 Å². The maximum absolute atomic E-state index is 12.5. The number of para-hydroxylation sites is 1. The Morgan fingerprint density at radius 2 is 2.20 bits per heavy atom. The second-order valence-electron chi connectivity index (χ2n) is 5.48. The van der Waals surface area contributed by atoms with Gasteiger partial charge in [-0.15, -0.1) is 0 Å². The van der Waals surface area contributed by atoms with Gasteiger partial charge in [-0.05, 0) is 37.8 Å². The topological polar surface area (TPSA) is 68.0 Å². The SMILES string of the molecule is Cc1ccc2cccc(C(=O)NC(CN)C3CC3)c2n1. The predicted octanol–water partition coefficient (Wildman–Crippen LogP) is 2.01. The molecule has 4 heteroatoms. The van der Waals surface area contributed by atoms with Crippen LogP contribution in [-0.4, -0.2) is 23.5 Å². The number of aromatic nitrogens is 1. The number of nitrogens with zero attached hydrogens (tertiary/aromatic N) is 1. The molecule has 0 bridgehead atoms. The normalized spacial score (nSPS) is 16.1. The molecule has 3 N–H and O–H groups in total. The monoisotopic (exact) mass is 269 g/mol. The van der Waals surface area contributed by atoms with Crippen molar-refractivity contribution < 1.29 is 4.79 Å². The van der Waals surface area contributed by atoms with Crippen molar-refractivity contribution in [3.8, 4) is 0 Å². The van der Waals surface area contributed by atoms with Crippen LogP contribution in [0.2, 0.25) is 0 Å². The molecule has 0 aliphatic heterocycles. The summed E-state index contributed by atoms with van der Waals surface area (Å²) in [6.45, 7) is 2.43. The Morgan fingerprint density at radius 3 is 2.90 bits per heavy atom. The van der Waals surface area contributed by atoms with Crippen molar-refractivity contribution in [2.45, 2.75) is 25.8 Å². The lowest BCUT2D eigenvalue weighted by atomic mass is 10.1. The number of aryl methyl sites for hydroxylation is 1. The molecule has 1 atom stereocenters. The average molecular weight is 269 g/mol. The summed E-state index contributed by atoms with van der Waals surface area (Å²) in [7, 11) is 0. The second-order valence-corrected chi connectivity index (χ2v) is 5.48. The first-order valence-corrected chi connectivity index (χ1v) is 7.06. The number of carbonyl (C=O) groups is 1. The van der Waals surface area contributed by atoms with Crippen LogP contribution in [0.15, 0.2) is 30.3 Å². The van der Waals surface area contributed by atoms with Gasteiger partial charge >= 0.3 is 0 Å². The zero-order valence-electron chi connectivity index (χ0n) is 11.6. The van der Waals surface area contributed by atoms with Gasteiger partial charge in [0.05, 0.1) is 11.1 Å². The van der Waals surface area contributed by atoms with Gasteiger partial charge in [-0.2, -0.15) is 0 Å². The van der Waals surface area contributed by atoms with Crippen molar-refractivity contribution in [1.82, 2.24) is 10.3 Å². The van der Waals surface area contributed by atoms with Gasteiger partial charge in [0.1, 0.15) is 0 Å². The highest BCUT2D eigenvalue weighted by atomic mass is 16.1. The standard InChI is InChI=1S/C16H19N3O/c1-10-5-6-12-3-2-4-13(15(12)18-10)16(20)19-14(9-17)11-7-8-11/h2-6,11,14H,7-9,17H2,1H3,(H,19,20). The fraction of sp³-hybridized carbons (Fsp3) is 0.375. The lowest BCUT2D eigenvalue weighted by Crippen LogP contribution is -2.41. The fourth-order valence-electron chi connectivity index (χ4n) is 2.54. The molecule has 1 saturated carbocycles. The molecule has 4 nitrogen and oxygen atoms in total. The average Bonchev–Trinajstić information content (AvgIpc) is 3.28. The van der Waals surface area contributed by atoms with Crippen LogP contribution in [0.25, 0.3) is 10.9 Å². The third-order valence-electron chi connectivity index (χ3n) is 3.87. The Labute approximate surface area is 118 Å². The van der Waals surface area contributed by atoms with Gasteiger partial charge < -0.3 is 11.1 Å². The summed E-state index contributed by atoms with van der Waals surface area (Å²) in [6, 6.07) is 9.72. The lowest BCUT2D eigenvalue weighted by Gasteiger charge is -2.16. The summed E-state index contributed by atoms with van der Waals surface area (Å²) in [5.41, 5.74) is 8.05. The summed E-state index contributed by atoms with van der Waals surface area (Å²) in [5, 5.41) is 4.04. The first-order valence-electron chi connectivity index (χ1n) is 7.06. The minimum absolute atomic E-state index is 0.0731. The molecule has 1 aliphatic carbocycles. The van der Waals surface area contributed by atoms with Crippen molar-refractivity contribution >= 4 is 16.8 Å². The number of carbonyl (C=O) groups excluding carboxylic acids is 1. The van der Waals surface area contributed by atoms with E-state index in [0.717, 1.165) is 29.4 Å². The molecule has 1 aliphatic rings. The third-order valence-corrected chi connectivity index (χ3v) is 3.87. The predicted molar refractivity (Wildman–Crippen MR) is 79.5 cm³/mol. The summed E-state index contributed by atoms with van der Waals surface area (Å²) in [6.07, 6.45) is 2.32. The van der Waals surface area contributed by atoms with E-state index in [1.165, 1.54) is 0 Å². The van der Waals surface area contributed by atoms with Gasteiger partial charge in [0, 0.05) is 23.7 Å². The molecule has 1 heterocycles. The number of hydrogen-bond acceptors (Lipinski definition) is 3. The molecule has 0 saturated heterocycles. The molecule has 1 aromatic heterocycles. The maximum atomic E-state index is 12.5. The van der Waals surface area contributed by atoms with Gasteiger partial charge in [-0.3, -0.25) is 9.78 Å². The van der Waals surface area contributed by atoms with Crippen molar-refractivity contribution in [2.75, 3.05) is 6.54 Å². The smallest absolute Gasteiger partial charge is 0.253 e. The molecular weight excluding hydrogens is 250 g/mol. The van der Waals surface area contributed by atoms with E-state index in [1.807, 2.05) is 37.3 Å². The number of pyridine rings is 1. The van der Waals surface area contributed by atoms with Crippen molar-refractivity contribution in [2.24, 2.45) is 11.7 Å². The minimum atomic E-state index is -0.0731. The summed E-state index contributed by atoms with van der Waals surface area (Å²) in [5.74, 6) is 0.477. The van der Waals surface area contributed by atoms with Gasteiger partial charge in [0.15, 0.2) is 0 Å². The van der Waals surface area contributed by atoms with E-state index in [2.05, 4.69) is 10.3 Å². The maximum Gasteiger partial charge on any atom is 0.253 e. The van der Waals surface area contributed by atoms with Crippen LogP contribution >= 0.6 is 0 Å². The van der Waals surface area contributed by atoms with E-state index in [4.69, 9.17) is 5.73 Å².